The number of ether oxygens (including phenoxy) is 2. The second kappa shape index (κ2) is 8.06. The molecule has 7 heteroatoms. The number of carbonyl (C=O) groups is 2. The van der Waals surface area contributed by atoms with Crippen LogP contribution >= 0.6 is 0 Å². The van der Waals surface area contributed by atoms with Crippen molar-refractivity contribution in [3.8, 4) is 0 Å². The molecule has 1 saturated carbocycles. The van der Waals surface area contributed by atoms with Crippen LogP contribution in [0.5, 0.6) is 0 Å². The van der Waals surface area contributed by atoms with Crippen molar-refractivity contribution in [3.05, 3.63) is 0 Å². The number of nitrogens with one attached hydrogen (secondary N) is 1. The van der Waals surface area contributed by atoms with Gasteiger partial charge in [0, 0.05) is 20.8 Å². The summed E-state index contributed by atoms with van der Waals surface area (Å²) in [6.45, 7) is 3.02. The number of aliphatic carboxylic acids is 1. The first-order chi connectivity index (χ1) is 9.51. The Hall–Kier alpha value is -1.34. The molecule has 0 heterocycles. The minimum atomic E-state index is -0.980. The predicted octanol–water partition coefficient (Wildman–Crippen LogP) is 0.543. The van der Waals surface area contributed by atoms with Crippen LogP contribution in [0.1, 0.15) is 19.8 Å². The molecule has 0 saturated heterocycles. The van der Waals surface area contributed by atoms with Crippen LogP contribution in [-0.2, 0) is 14.3 Å². The van der Waals surface area contributed by atoms with Gasteiger partial charge in [-0.15, -0.1) is 0 Å². The molecule has 7 nitrogen and oxygen atoms in total. The first-order valence-corrected chi connectivity index (χ1v) is 6.79. The van der Waals surface area contributed by atoms with Gasteiger partial charge in [0.1, 0.15) is 6.04 Å². The molecule has 0 spiro atoms. The van der Waals surface area contributed by atoms with Crippen LogP contribution < -0.4 is 5.32 Å². The van der Waals surface area contributed by atoms with Gasteiger partial charge in [-0.1, -0.05) is 0 Å². The maximum atomic E-state index is 12.3. The minimum Gasteiger partial charge on any atom is -0.480 e. The van der Waals surface area contributed by atoms with Crippen molar-refractivity contribution < 1.29 is 24.2 Å². The second-order valence-corrected chi connectivity index (χ2v) is 5.09. The topological polar surface area (TPSA) is 88.1 Å². The zero-order valence-electron chi connectivity index (χ0n) is 12.3. The fourth-order valence-electron chi connectivity index (χ4n) is 2.07. The van der Waals surface area contributed by atoms with Gasteiger partial charge in [0.15, 0.2) is 0 Å². The average Bonchev–Trinajstić information content (AvgIpc) is 3.20. The Labute approximate surface area is 119 Å². The molecule has 0 aliphatic heterocycles. The number of nitrogens with zero attached hydrogens (tertiary/aromatic N) is 1. The van der Waals surface area contributed by atoms with E-state index in [-0.39, 0.29) is 18.0 Å². The van der Waals surface area contributed by atoms with Crippen LogP contribution in [0, 0.1) is 5.92 Å². The molecule has 0 radical (unpaired) electrons. The molecule has 0 bridgehead atoms. The summed E-state index contributed by atoms with van der Waals surface area (Å²) in [4.78, 5) is 25.0. The lowest BCUT2D eigenvalue weighted by Gasteiger charge is -2.30. The number of urea groups is 1. The van der Waals surface area contributed by atoms with Crippen molar-refractivity contribution in [2.45, 2.75) is 31.8 Å². The minimum absolute atomic E-state index is 0.0541. The van der Waals surface area contributed by atoms with Crippen LogP contribution in [0.25, 0.3) is 0 Å². The normalized spacial score (nSPS) is 17.4. The molecule has 0 aromatic heterocycles. The average molecular weight is 288 g/mol. The van der Waals surface area contributed by atoms with E-state index in [0.29, 0.717) is 19.8 Å². The molecule has 20 heavy (non-hydrogen) atoms. The second-order valence-electron chi connectivity index (χ2n) is 5.09. The van der Waals surface area contributed by atoms with Crippen LogP contribution in [0.2, 0.25) is 0 Å². The van der Waals surface area contributed by atoms with Crippen LogP contribution in [-0.4, -0.2) is 68.1 Å². The predicted molar refractivity (Wildman–Crippen MR) is 72.6 cm³/mol. The first-order valence-electron chi connectivity index (χ1n) is 6.79. The van der Waals surface area contributed by atoms with E-state index in [0.717, 1.165) is 12.8 Å². The number of carboxylic acids is 1. The summed E-state index contributed by atoms with van der Waals surface area (Å²) in [6, 6.07) is -1.34. The van der Waals surface area contributed by atoms with Crippen molar-refractivity contribution >= 4 is 12.0 Å². The summed E-state index contributed by atoms with van der Waals surface area (Å²) in [7, 11) is 3.12. The monoisotopic (exact) mass is 288 g/mol. The molecule has 116 valence electrons. The molecule has 1 aliphatic rings. The Bertz CT molecular complexity index is 333. The lowest BCUT2D eigenvalue weighted by atomic mass is 10.2. The fourth-order valence-corrected chi connectivity index (χ4v) is 2.07. The van der Waals surface area contributed by atoms with Crippen LogP contribution in [0.15, 0.2) is 0 Å². The summed E-state index contributed by atoms with van der Waals surface area (Å²) in [5.41, 5.74) is 0. The summed E-state index contributed by atoms with van der Waals surface area (Å²) in [5.74, 6) is -0.926. The highest BCUT2D eigenvalue weighted by molar-refractivity contribution is 5.83. The molecule has 2 unspecified atom stereocenters. The number of hydrogen-bond acceptors (Lipinski definition) is 4. The molecule has 1 fully saturated rings. The van der Waals surface area contributed by atoms with E-state index >= 15 is 0 Å². The van der Waals surface area contributed by atoms with Crippen LogP contribution in [0.3, 0.4) is 0 Å². The van der Waals surface area contributed by atoms with E-state index < -0.39 is 12.0 Å². The van der Waals surface area contributed by atoms with Gasteiger partial charge in [-0.05, 0) is 25.7 Å². The third kappa shape index (κ3) is 4.97. The smallest absolute Gasteiger partial charge is 0.326 e. The maximum Gasteiger partial charge on any atom is 0.326 e. The SMILES string of the molecule is COCCN(C(=O)NC(C(=O)O)C1CC1)C(C)COC. The van der Waals surface area contributed by atoms with Crippen molar-refractivity contribution in [3.63, 3.8) is 0 Å². The van der Waals surface area contributed by atoms with Crippen molar-refractivity contribution in [2.24, 2.45) is 5.92 Å². The molecule has 2 amide bonds. The number of carboxylic acid groups (broad SMARTS) is 1. The standard InChI is InChI=1S/C13H24N2O5/c1-9(8-20-3)15(6-7-19-2)13(18)14-11(12(16)17)10-4-5-10/h9-11H,4-8H2,1-3H3,(H,14,18)(H,16,17). The van der Waals surface area contributed by atoms with Crippen LogP contribution in [0.4, 0.5) is 4.79 Å². The van der Waals surface area contributed by atoms with Gasteiger partial charge in [-0.25, -0.2) is 9.59 Å². The van der Waals surface area contributed by atoms with E-state index in [1.54, 1.807) is 19.1 Å². The Morgan fingerprint density at radius 2 is 2.00 bits per heavy atom. The number of hydrogen-bond donors (Lipinski definition) is 2. The third-order valence-electron chi connectivity index (χ3n) is 3.38. The lowest BCUT2D eigenvalue weighted by molar-refractivity contribution is -0.139. The highest BCUT2D eigenvalue weighted by Gasteiger charge is 2.38. The largest absolute Gasteiger partial charge is 0.480 e. The van der Waals surface area contributed by atoms with E-state index in [1.807, 2.05) is 6.92 Å². The maximum absolute atomic E-state index is 12.3. The number of rotatable bonds is 9. The summed E-state index contributed by atoms with van der Waals surface area (Å²) < 4.78 is 10.0. The highest BCUT2D eigenvalue weighted by atomic mass is 16.5. The van der Waals surface area contributed by atoms with Gasteiger partial charge in [-0.2, -0.15) is 0 Å². The van der Waals surface area contributed by atoms with E-state index in [2.05, 4.69) is 5.32 Å². The number of amides is 2. The van der Waals surface area contributed by atoms with Crippen molar-refractivity contribution in [1.29, 1.82) is 0 Å². The van der Waals surface area contributed by atoms with Crippen molar-refractivity contribution in [2.75, 3.05) is 34.0 Å². The molecule has 0 aromatic carbocycles. The van der Waals surface area contributed by atoms with Gasteiger partial charge < -0.3 is 24.8 Å². The Kier molecular flexibility index (Phi) is 6.74. The molecular weight excluding hydrogens is 264 g/mol. The summed E-state index contributed by atoms with van der Waals surface area (Å²) >= 11 is 0. The number of methoxy groups -OCH3 is 2. The van der Waals surface area contributed by atoms with Gasteiger partial charge in [0.05, 0.1) is 19.3 Å². The Morgan fingerprint density at radius 1 is 1.35 bits per heavy atom. The quantitative estimate of drug-likeness (QED) is 0.646. The Balaban J connectivity index is 2.62. The van der Waals surface area contributed by atoms with E-state index in [9.17, 15) is 9.59 Å². The van der Waals surface area contributed by atoms with Gasteiger partial charge in [0.25, 0.3) is 0 Å². The van der Waals surface area contributed by atoms with Gasteiger partial charge >= 0.3 is 12.0 Å². The number of carbonyl (C=O) groups excluding carboxylic acids is 1. The van der Waals surface area contributed by atoms with Gasteiger partial charge in [0.2, 0.25) is 0 Å². The highest BCUT2D eigenvalue weighted by Crippen LogP contribution is 2.32. The molecule has 0 aromatic rings. The first kappa shape index (κ1) is 16.7. The zero-order valence-corrected chi connectivity index (χ0v) is 12.3. The third-order valence-corrected chi connectivity index (χ3v) is 3.38. The van der Waals surface area contributed by atoms with Crippen molar-refractivity contribution in [1.82, 2.24) is 10.2 Å². The van der Waals surface area contributed by atoms with E-state index in [4.69, 9.17) is 14.6 Å². The van der Waals surface area contributed by atoms with Gasteiger partial charge in [-0.3, -0.25) is 0 Å². The molecule has 1 rings (SSSR count). The molecular formula is C13H24N2O5. The zero-order chi connectivity index (χ0) is 15.1. The summed E-state index contributed by atoms with van der Waals surface area (Å²) in [6.07, 6.45) is 1.70. The summed E-state index contributed by atoms with van der Waals surface area (Å²) in [5, 5.41) is 11.8. The molecule has 1 aliphatic carbocycles. The lowest BCUT2D eigenvalue weighted by Crippen LogP contribution is -2.53. The molecule has 2 atom stereocenters. The van der Waals surface area contributed by atoms with E-state index in [1.165, 1.54) is 0 Å². The molecule has 2 N–H and O–H groups in total. The Morgan fingerprint density at radius 3 is 2.45 bits per heavy atom. The fraction of sp³-hybridized carbons (Fsp3) is 0.846.